The molecule has 0 aliphatic heterocycles. The van der Waals surface area contributed by atoms with Crippen LogP contribution in [0.4, 0.5) is 0 Å². The third-order valence-electron chi connectivity index (χ3n) is 2.14. The van der Waals surface area contributed by atoms with Crippen LogP contribution in [-0.2, 0) is 4.79 Å². The molecule has 0 aromatic heterocycles. The molecule has 0 saturated carbocycles. The summed E-state index contributed by atoms with van der Waals surface area (Å²) in [6, 6.07) is 0. The molecule has 11 heavy (non-hydrogen) atoms. The predicted molar refractivity (Wildman–Crippen MR) is 58.2 cm³/mol. The van der Waals surface area contributed by atoms with Crippen LogP contribution in [0.25, 0.3) is 0 Å². The van der Waals surface area contributed by atoms with Crippen molar-refractivity contribution in [3.8, 4) is 0 Å². The number of hydrogen-bond acceptors (Lipinski definition) is 2. The minimum atomic E-state index is -0.547. The fourth-order valence-corrected chi connectivity index (χ4v) is 0.996. The van der Waals surface area contributed by atoms with Gasteiger partial charge in [-0.25, -0.2) is 0 Å². The molecule has 68 valence electrons. The highest BCUT2D eigenvalue weighted by atomic mass is 127. The van der Waals surface area contributed by atoms with Crippen LogP contribution in [0, 0.1) is 0 Å². The van der Waals surface area contributed by atoms with Crippen LogP contribution in [-0.4, -0.2) is 11.3 Å². The molecule has 0 aromatic rings. The zero-order valence-corrected chi connectivity index (χ0v) is 9.85. The number of rotatable bonds is 4. The first kappa shape index (κ1) is 13.9. The number of carbonyl (C=O) groups excluding carboxylic acids is 1. The van der Waals surface area contributed by atoms with Crippen molar-refractivity contribution in [2.24, 2.45) is 5.73 Å². The Morgan fingerprint density at radius 2 is 1.64 bits per heavy atom. The van der Waals surface area contributed by atoms with E-state index in [9.17, 15) is 4.79 Å². The van der Waals surface area contributed by atoms with Gasteiger partial charge in [-0.3, -0.25) is 4.79 Å². The molecule has 0 radical (unpaired) electrons. The van der Waals surface area contributed by atoms with Crippen LogP contribution in [0.2, 0.25) is 0 Å². The highest BCUT2D eigenvalue weighted by Gasteiger charge is 2.27. The lowest BCUT2D eigenvalue weighted by molar-refractivity contribution is -0.124. The van der Waals surface area contributed by atoms with Crippen LogP contribution in [0.1, 0.15) is 40.0 Å². The Morgan fingerprint density at radius 3 is 1.73 bits per heavy atom. The summed E-state index contributed by atoms with van der Waals surface area (Å²) in [7, 11) is 0. The van der Waals surface area contributed by atoms with E-state index in [1.807, 2.05) is 20.8 Å². The number of carbonyl (C=O) groups is 1. The topological polar surface area (TPSA) is 43.1 Å². The van der Waals surface area contributed by atoms with Crippen LogP contribution in [0.15, 0.2) is 0 Å². The van der Waals surface area contributed by atoms with E-state index in [2.05, 4.69) is 0 Å². The van der Waals surface area contributed by atoms with E-state index in [1.165, 1.54) is 0 Å². The summed E-state index contributed by atoms with van der Waals surface area (Å²) >= 11 is 0. The van der Waals surface area contributed by atoms with Crippen LogP contribution in [0.3, 0.4) is 0 Å². The molecule has 3 heteroatoms. The molecule has 0 aliphatic rings. The summed E-state index contributed by atoms with van der Waals surface area (Å²) in [5.74, 6) is 0.178. The first-order valence-corrected chi connectivity index (χ1v) is 3.92. The van der Waals surface area contributed by atoms with Gasteiger partial charge < -0.3 is 5.73 Å². The van der Waals surface area contributed by atoms with E-state index >= 15 is 0 Å². The second-order valence-electron chi connectivity index (χ2n) is 2.64. The van der Waals surface area contributed by atoms with Gasteiger partial charge in [-0.1, -0.05) is 20.8 Å². The average molecular weight is 271 g/mol. The highest BCUT2D eigenvalue weighted by Crippen LogP contribution is 2.13. The van der Waals surface area contributed by atoms with Gasteiger partial charge in [-0.2, -0.15) is 0 Å². The Hall–Kier alpha value is 0.360. The molecule has 0 spiro atoms. The van der Waals surface area contributed by atoms with Gasteiger partial charge in [0, 0.05) is 6.42 Å². The Balaban J connectivity index is 0. The molecule has 0 aromatic carbocycles. The Bertz CT molecular complexity index is 121. The van der Waals surface area contributed by atoms with Crippen molar-refractivity contribution in [2.75, 3.05) is 0 Å². The van der Waals surface area contributed by atoms with Crippen molar-refractivity contribution in [1.29, 1.82) is 0 Å². The van der Waals surface area contributed by atoms with E-state index in [0.29, 0.717) is 6.42 Å². The maximum absolute atomic E-state index is 11.2. The summed E-state index contributed by atoms with van der Waals surface area (Å²) in [5, 5.41) is 0. The Morgan fingerprint density at radius 1 is 1.27 bits per heavy atom. The molecule has 0 bridgehead atoms. The van der Waals surface area contributed by atoms with E-state index in [1.54, 1.807) is 0 Å². The molecule has 0 rings (SSSR count). The maximum Gasteiger partial charge on any atom is 0.152 e. The summed E-state index contributed by atoms with van der Waals surface area (Å²) < 4.78 is 0. The van der Waals surface area contributed by atoms with E-state index in [0.717, 1.165) is 12.8 Å². The predicted octanol–water partition coefficient (Wildman–Crippen LogP) is 2.10. The summed E-state index contributed by atoms with van der Waals surface area (Å²) in [6.07, 6.45) is 2.05. The lowest BCUT2D eigenvalue weighted by atomic mass is 9.88. The normalized spacial score (nSPS) is 10.5. The zero-order chi connectivity index (χ0) is 8.20. The quantitative estimate of drug-likeness (QED) is 0.796. The maximum atomic E-state index is 11.2. The van der Waals surface area contributed by atoms with Crippen molar-refractivity contribution >= 4 is 29.8 Å². The number of nitrogens with two attached hydrogens (primary N) is 1. The number of Topliss-reactive ketones (excluding diaryl/α,β-unsaturated/α-hetero) is 1. The molecular weight excluding hydrogens is 253 g/mol. The molecule has 2 N–H and O–H groups in total. The Labute approximate surface area is 85.9 Å². The third kappa shape index (κ3) is 3.51. The van der Waals surface area contributed by atoms with E-state index in [4.69, 9.17) is 5.73 Å². The monoisotopic (exact) mass is 271 g/mol. The van der Waals surface area contributed by atoms with Gasteiger partial charge in [0.25, 0.3) is 0 Å². The summed E-state index contributed by atoms with van der Waals surface area (Å²) in [4.78, 5) is 11.2. The standard InChI is InChI=1S/C8H17NO.HI/c1-4-7(10)8(9,5-2)6-3;/h4-6,9H2,1-3H3;1H. The van der Waals surface area contributed by atoms with Gasteiger partial charge in [0.05, 0.1) is 5.54 Å². The molecule has 0 saturated heterocycles. The lowest BCUT2D eigenvalue weighted by Crippen LogP contribution is -2.46. The second kappa shape index (κ2) is 5.94. The van der Waals surface area contributed by atoms with Gasteiger partial charge in [-0.05, 0) is 12.8 Å². The molecule has 0 unspecified atom stereocenters. The van der Waals surface area contributed by atoms with Crippen LogP contribution >= 0.6 is 24.0 Å². The van der Waals surface area contributed by atoms with Crippen molar-refractivity contribution in [3.05, 3.63) is 0 Å². The second-order valence-corrected chi connectivity index (χ2v) is 2.64. The molecule has 0 fully saturated rings. The van der Waals surface area contributed by atoms with Gasteiger partial charge >= 0.3 is 0 Å². The van der Waals surface area contributed by atoms with Crippen molar-refractivity contribution in [3.63, 3.8) is 0 Å². The molecule has 0 amide bonds. The first-order chi connectivity index (χ1) is 4.60. The minimum Gasteiger partial charge on any atom is -0.319 e. The number of ketones is 1. The summed E-state index contributed by atoms with van der Waals surface area (Å²) in [6.45, 7) is 5.77. The van der Waals surface area contributed by atoms with Crippen LogP contribution in [0.5, 0.6) is 0 Å². The minimum absolute atomic E-state index is 0. The largest absolute Gasteiger partial charge is 0.319 e. The van der Waals surface area contributed by atoms with Crippen molar-refractivity contribution in [2.45, 2.75) is 45.6 Å². The van der Waals surface area contributed by atoms with Gasteiger partial charge in [0.1, 0.15) is 0 Å². The first-order valence-electron chi connectivity index (χ1n) is 3.92. The molecule has 0 atom stereocenters. The van der Waals surface area contributed by atoms with Crippen molar-refractivity contribution in [1.82, 2.24) is 0 Å². The molecule has 2 nitrogen and oxygen atoms in total. The van der Waals surface area contributed by atoms with Gasteiger partial charge in [0.15, 0.2) is 5.78 Å². The SMILES string of the molecule is CCC(=O)C(N)(CC)CC.I. The summed E-state index contributed by atoms with van der Waals surface area (Å²) in [5.41, 5.74) is 5.25. The fourth-order valence-electron chi connectivity index (χ4n) is 0.996. The molecular formula is C8H18INO. The lowest BCUT2D eigenvalue weighted by Gasteiger charge is -2.23. The molecule has 0 aliphatic carbocycles. The highest BCUT2D eigenvalue weighted by molar-refractivity contribution is 14.0. The average Bonchev–Trinajstić information content (AvgIpc) is 2.01. The van der Waals surface area contributed by atoms with Crippen molar-refractivity contribution < 1.29 is 4.79 Å². The smallest absolute Gasteiger partial charge is 0.152 e. The van der Waals surface area contributed by atoms with E-state index in [-0.39, 0.29) is 29.8 Å². The van der Waals surface area contributed by atoms with Gasteiger partial charge in [0.2, 0.25) is 0 Å². The zero-order valence-electron chi connectivity index (χ0n) is 7.52. The van der Waals surface area contributed by atoms with E-state index < -0.39 is 5.54 Å². The van der Waals surface area contributed by atoms with Crippen LogP contribution < -0.4 is 5.73 Å². The van der Waals surface area contributed by atoms with Gasteiger partial charge in [-0.15, -0.1) is 24.0 Å². The Kier molecular flexibility index (Phi) is 7.52. The molecule has 0 heterocycles. The third-order valence-corrected chi connectivity index (χ3v) is 2.14. The fraction of sp³-hybridized carbons (Fsp3) is 0.875. The number of hydrogen-bond donors (Lipinski definition) is 1. The number of halogens is 1.